The zero-order valence-corrected chi connectivity index (χ0v) is 13.5. The van der Waals surface area contributed by atoms with E-state index in [2.05, 4.69) is 5.32 Å². The van der Waals surface area contributed by atoms with Gasteiger partial charge in [-0.3, -0.25) is 4.79 Å². The number of carbonyl (C=O) groups is 1. The predicted octanol–water partition coefficient (Wildman–Crippen LogP) is 3.02. The smallest absolute Gasteiger partial charge is 0.260 e. The monoisotopic (exact) mass is 311 g/mol. The molecular weight excluding hydrogens is 290 g/mol. The van der Waals surface area contributed by atoms with Gasteiger partial charge in [-0.05, 0) is 56.9 Å². The van der Waals surface area contributed by atoms with Crippen molar-refractivity contribution < 1.29 is 14.3 Å². The van der Waals surface area contributed by atoms with E-state index in [1.807, 2.05) is 26.0 Å². The van der Waals surface area contributed by atoms with Gasteiger partial charge in [0.15, 0.2) is 6.10 Å². The minimum absolute atomic E-state index is 0.129. The first-order valence-electron chi connectivity index (χ1n) is 7.30. The Morgan fingerprint density at radius 1 is 1.48 bits per heavy atom. The van der Waals surface area contributed by atoms with Crippen LogP contribution in [0.15, 0.2) is 12.1 Å². The molecule has 1 aliphatic heterocycles. The van der Waals surface area contributed by atoms with E-state index in [4.69, 9.17) is 21.1 Å². The Bertz CT molecular complexity index is 489. The average Bonchev–Trinajstić information content (AvgIpc) is 2.95. The molecule has 1 saturated heterocycles. The van der Waals surface area contributed by atoms with Crippen LogP contribution in [0.2, 0.25) is 5.02 Å². The van der Waals surface area contributed by atoms with E-state index < -0.39 is 6.10 Å². The molecule has 2 atom stereocenters. The highest BCUT2D eigenvalue weighted by Crippen LogP contribution is 2.26. The van der Waals surface area contributed by atoms with Gasteiger partial charge in [-0.15, -0.1) is 0 Å². The maximum Gasteiger partial charge on any atom is 0.260 e. The zero-order valence-electron chi connectivity index (χ0n) is 12.7. The molecule has 0 spiro atoms. The number of halogens is 1. The first-order chi connectivity index (χ1) is 9.97. The molecule has 1 heterocycles. The summed E-state index contributed by atoms with van der Waals surface area (Å²) in [5.41, 5.74) is 1.89. The Labute approximate surface area is 130 Å². The SMILES string of the molecule is Cc1cc(O[C@H](C)C(=O)NC[C@@H]2CCCO2)cc(C)c1Cl. The van der Waals surface area contributed by atoms with Gasteiger partial charge in [-0.1, -0.05) is 11.6 Å². The van der Waals surface area contributed by atoms with E-state index in [0.717, 1.165) is 35.6 Å². The van der Waals surface area contributed by atoms with Gasteiger partial charge in [0, 0.05) is 18.2 Å². The Morgan fingerprint density at radius 3 is 2.71 bits per heavy atom. The fourth-order valence-electron chi connectivity index (χ4n) is 2.40. The molecule has 5 heteroatoms. The van der Waals surface area contributed by atoms with Crippen molar-refractivity contribution in [3.63, 3.8) is 0 Å². The van der Waals surface area contributed by atoms with Crippen molar-refractivity contribution in [2.45, 2.75) is 45.8 Å². The normalized spacial score (nSPS) is 19.3. The topological polar surface area (TPSA) is 47.6 Å². The minimum Gasteiger partial charge on any atom is -0.481 e. The first kappa shape index (κ1) is 16.1. The number of ether oxygens (including phenoxy) is 2. The third kappa shape index (κ3) is 4.35. The van der Waals surface area contributed by atoms with Gasteiger partial charge in [0.05, 0.1) is 6.10 Å². The molecule has 1 aliphatic rings. The van der Waals surface area contributed by atoms with Crippen molar-refractivity contribution in [3.8, 4) is 5.75 Å². The fraction of sp³-hybridized carbons (Fsp3) is 0.562. The van der Waals surface area contributed by atoms with Crippen LogP contribution in [-0.4, -0.2) is 31.3 Å². The number of hydrogen-bond acceptors (Lipinski definition) is 3. The molecule has 0 radical (unpaired) electrons. The lowest BCUT2D eigenvalue weighted by atomic mass is 10.1. The van der Waals surface area contributed by atoms with Crippen LogP contribution in [0.1, 0.15) is 30.9 Å². The van der Waals surface area contributed by atoms with Crippen molar-refractivity contribution in [3.05, 3.63) is 28.3 Å². The lowest BCUT2D eigenvalue weighted by Crippen LogP contribution is -2.40. The Balaban J connectivity index is 1.87. The van der Waals surface area contributed by atoms with E-state index in [-0.39, 0.29) is 12.0 Å². The van der Waals surface area contributed by atoms with Gasteiger partial charge in [0.2, 0.25) is 0 Å². The van der Waals surface area contributed by atoms with Crippen LogP contribution in [0.5, 0.6) is 5.75 Å². The molecule has 116 valence electrons. The van der Waals surface area contributed by atoms with Crippen LogP contribution in [0.3, 0.4) is 0 Å². The minimum atomic E-state index is -0.550. The van der Waals surface area contributed by atoms with Gasteiger partial charge in [-0.2, -0.15) is 0 Å². The molecule has 4 nitrogen and oxygen atoms in total. The summed E-state index contributed by atoms with van der Waals surface area (Å²) in [6.45, 7) is 6.92. The molecule has 1 amide bonds. The summed E-state index contributed by atoms with van der Waals surface area (Å²) in [7, 11) is 0. The molecule has 0 aromatic heterocycles. The number of rotatable bonds is 5. The second kappa shape index (κ2) is 7.14. The molecule has 0 unspecified atom stereocenters. The van der Waals surface area contributed by atoms with E-state index in [0.29, 0.717) is 12.3 Å². The molecular formula is C16H22ClNO3. The molecule has 0 saturated carbocycles. The van der Waals surface area contributed by atoms with Gasteiger partial charge >= 0.3 is 0 Å². The van der Waals surface area contributed by atoms with E-state index in [9.17, 15) is 4.79 Å². The van der Waals surface area contributed by atoms with Gasteiger partial charge < -0.3 is 14.8 Å². The summed E-state index contributed by atoms with van der Waals surface area (Å²) in [6, 6.07) is 3.69. The van der Waals surface area contributed by atoms with Crippen molar-refractivity contribution in [1.29, 1.82) is 0 Å². The number of hydrogen-bond donors (Lipinski definition) is 1. The number of nitrogens with one attached hydrogen (secondary N) is 1. The molecule has 1 aromatic carbocycles. The highest BCUT2D eigenvalue weighted by molar-refractivity contribution is 6.32. The number of amides is 1. The number of aryl methyl sites for hydroxylation is 2. The van der Waals surface area contributed by atoms with Crippen LogP contribution >= 0.6 is 11.6 Å². The molecule has 21 heavy (non-hydrogen) atoms. The van der Waals surface area contributed by atoms with Crippen molar-refractivity contribution in [2.75, 3.05) is 13.2 Å². The number of benzene rings is 1. The van der Waals surface area contributed by atoms with Crippen LogP contribution < -0.4 is 10.1 Å². The predicted molar refractivity (Wildman–Crippen MR) is 83.0 cm³/mol. The maximum atomic E-state index is 12.0. The average molecular weight is 312 g/mol. The lowest BCUT2D eigenvalue weighted by molar-refractivity contribution is -0.127. The van der Waals surface area contributed by atoms with Crippen LogP contribution in [0.4, 0.5) is 0 Å². The van der Waals surface area contributed by atoms with Gasteiger partial charge in [0.25, 0.3) is 5.91 Å². The van der Waals surface area contributed by atoms with Crippen LogP contribution in [0, 0.1) is 13.8 Å². The highest BCUT2D eigenvalue weighted by atomic mass is 35.5. The molecule has 2 rings (SSSR count). The second-order valence-electron chi connectivity index (χ2n) is 5.51. The lowest BCUT2D eigenvalue weighted by Gasteiger charge is -2.17. The molecule has 0 aliphatic carbocycles. The largest absolute Gasteiger partial charge is 0.481 e. The van der Waals surface area contributed by atoms with E-state index >= 15 is 0 Å². The third-order valence-corrected chi connectivity index (χ3v) is 4.22. The Hall–Kier alpha value is -1.26. The zero-order chi connectivity index (χ0) is 15.4. The van der Waals surface area contributed by atoms with Crippen molar-refractivity contribution in [2.24, 2.45) is 0 Å². The van der Waals surface area contributed by atoms with E-state index in [1.54, 1.807) is 6.92 Å². The van der Waals surface area contributed by atoms with Crippen LogP contribution in [-0.2, 0) is 9.53 Å². The Morgan fingerprint density at radius 2 is 2.14 bits per heavy atom. The Kier molecular flexibility index (Phi) is 5.48. The first-order valence-corrected chi connectivity index (χ1v) is 7.68. The summed E-state index contributed by atoms with van der Waals surface area (Å²) in [5, 5.41) is 3.60. The standard InChI is InChI=1S/C16H22ClNO3/c1-10-7-14(8-11(2)15(10)17)21-12(3)16(19)18-9-13-5-4-6-20-13/h7-8,12-13H,4-6,9H2,1-3H3,(H,18,19)/t12-,13+/m1/s1. The van der Waals surface area contributed by atoms with Crippen molar-refractivity contribution >= 4 is 17.5 Å². The van der Waals surface area contributed by atoms with Gasteiger partial charge in [-0.25, -0.2) is 0 Å². The second-order valence-corrected chi connectivity index (χ2v) is 5.89. The summed E-state index contributed by atoms with van der Waals surface area (Å²) in [5.74, 6) is 0.532. The van der Waals surface area contributed by atoms with Gasteiger partial charge in [0.1, 0.15) is 5.75 Å². The third-order valence-electron chi connectivity index (χ3n) is 3.62. The number of carbonyl (C=O) groups excluding carboxylic acids is 1. The fourth-order valence-corrected chi connectivity index (χ4v) is 2.50. The molecule has 0 bridgehead atoms. The highest BCUT2D eigenvalue weighted by Gasteiger charge is 2.19. The van der Waals surface area contributed by atoms with Crippen LogP contribution in [0.25, 0.3) is 0 Å². The summed E-state index contributed by atoms with van der Waals surface area (Å²) in [6.07, 6.45) is 1.66. The van der Waals surface area contributed by atoms with E-state index in [1.165, 1.54) is 0 Å². The molecule has 1 aromatic rings. The summed E-state index contributed by atoms with van der Waals surface area (Å²) < 4.78 is 11.2. The molecule has 1 N–H and O–H groups in total. The quantitative estimate of drug-likeness (QED) is 0.909. The maximum absolute atomic E-state index is 12.0. The summed E-state index contributed by atoms with van der Waals surface area (Å²) >= 11 is 6.12. The van der Waals surface area contributed by atoms with Crippen molar-refractivity contribution in [1.82, 2.24) is 5.32 Å². The molecule has 1 fully saturated rings. The summed E-state index contributed by atoms with van der Waals surface area (Å²) in [4.78, 5) is 12.0.